The number of benzene rings is 3. The SMILES string of the molecule is C[C@H](Sc1ccc2ccccc2c1)C(=O)Nc1cccc(Cl)c1. The van der Waals surface area contributed by atoms with Gasteiger partial charge in [0.05, 0.1) is 5.25 Å². The minimum atomic E-state index is -0.199. The number of thioether (sulfide) groups is 1. The first-order chi connectivity index (χ1) is 11.1. The lowest BCUT2D eigenvalue weighted by atomic mass is 10.1. The summed E-state index contributed by atoms with van der Waals surface area (Å²) in [6.07, 6.45) is 0. The second kappa shape index (κ2) is 7.07. The Balaban J connectivity index is 1.69. The first-order valence-electron chi connectivity index (χ1n) is 7.34. The molecule has 0 saturated carbocycles. The van der Waals surface area contributed by atoms with Crippen molar-refractivity contribution in [1.82, 2.24) is 0 Å². The molecule has 1 N–H and O–H groups in total. The average Bonchev–Trinajstić information content (AvgIpc) is 2.54. The van der Waals surface area contributed by atoms with Gasteiger partial charge in [-0.25, -0.2) is 0 Å². The molecule has 0 bridgehead atoms. The van der Waals surface area contributed by atoms with Crippen LogP contribution in [-0.4, -0.2) is 11.2 Å². The van der Waals surface area contributed by atoms with E-state index in [1.807, 2.05) is 31.2 Å². The summed E-state index contributed by atoms with van der Waals surface area (Å²) in [6.45, 7) is 1.90. The van der Waals surface area contributed by atoms with Gasteiger partial charge in [-0.05, 0) is 48.0 Å². The number of halogens is 1. The number of fused-ring (bicyclic) bond motifs is 1. The molecule has 0 aliphatic rings. The number of hydrogen-bond acceptors (Lipinski definition) is 2. The van der Waals surface area contributed by atoms with E-state index in [0.717, 1.165) is 4.90 Å². The van der Waals surface area contributed by atoms with Crippen LogP contribution < -0.4 is 5.32 Å². The van der Waals surface area contributed by atoms with Crippen LogP contribution in [0, 0.1) is 0 Å². The minimum Gasteiger partial charge on any atom is -0.325 e. The lowest BCUT2D eigenvalue weighted by Crippen LogP contribution is -2.22. The Morgan fingerprint density at radius 2 is 1.78 bits per heavy atom. The molecule has 0 heterocycles. The predicted molar refractivity (Wildman–Crippen MR) is 99.3 cm³/mol. The average molecular weight is 342 g/mol. The molecule has 3 rings (SSSR count). The molecule has 3 aromatic carbocycles. The van der Waals surface area contributed by atoms with Crippen LogP contribution in [0.3, 0.4) is 0 Å². The van der Waals surface area contributed by atoms with E-state index in [-0.39, 0.29) is 11.2 Å². The van der Waals surface area contributed by atoms with Crippen molar-refractivity contribution < 1.29 is 4.79 Å². The molecule has 4 heteroatoms. The van der Waals surface area contributed by atoms with E-state index >= 15 is 0 Å². The maximum absolute atomic E-state index is 12.3. The van der Waals surface area contributed by atoms with E-state index in [1.165, 1.54) is 10.8 Å². The molecule has 0 aromatic heterocycles. The van der Waals surface area contributed by atoms with Crippen LogP contribution in [-0.2, 0) is 4.79 Å². The second-order valence-corrected chi connectivity index (χ2v) is 7.12. The fraction of sp³-hybridized carbons (Fsp3) is 0.105. The Hall–Kier alpha value is -1.97. The molecular weight excluding hydrogens is 326 g/mol. The highest BCUT2D eigenvalue weighted by Crippen LogP contribution is 2.27. The summed E-state index contributed by atoms with van der Waals surface area (Å²) in [5.41, 5.74) is 0.716. The molecular formula is C19H16ClNOS. The summed E-state index contributed by atoms with van der Waals surface area (Å²) < 4.78 is 0. The maximum atomic E-state index is 12.3. The number of carbonyl (C=O) groups excluding carboxylic acids is 1. The molecule has 1 atom stereocenters. The molecule has 3 aromatic rings. The van der Waals surface area contributed by atoms with E-state index in [0.29, 0.717) is 10.7 Å². The van der Waals surface area contributed by atoms with Gasteiger partial charge in [0.1, 0.15) is 0 Å². The number of rotatable bonds is 4. The van der Waals surface area contributed by atoms with Crippen LogP contribution >= 0.6 is 23.4 Å². The van der Waals surface area contributed by atoms with Gasteiger partial charge in [-0.15, -0.1) is 11.8 Å². The molecule has 0 radical (unpaired) electrons. The smallest absolute Gasteiger partial charge is 0.237 e. The van der Waals surface area contributed by atoms with Crippen molar-refractivity contribution in [2.24, 2.45) is 0 Å². The molecule has 0 unspecified atom stereocenters. The monoisotopic (exact) mass is 341 g/mol. The largest absolute Gasteiger partial charge is 0.325 e. The van der Waals surface area contributed by atoms with Gasteiger partial charge in [0.25, 0.3) is 0 Å². The summed E-state index contributed by atoms with van der Waals surface area (Å²) >= 11 is 7.48. The van der Waals surface area contributed by atoms with Gasteiger partial charge in [-0.3, -0.25) is 4.79 Å². The highest BCUT2D eigenvalue weighted by Gasteiger charge is 2.15. The molecule has 0 spiro atoms. The minimum absolute atomic E-state index is 0.0366. The van der Waals surface area contributed by atoms with E-state index in [4.69, 9.17) is 11.6 Å². The van der Waals surface area contributed by atoms with Crippen LogP contribution in [0.25, 0.3) is 10.8 Å². The summed E-state index contributed by atoms with van der Waals surface area (Å²) in [4.78, 5) is 13.4. The van der Waals surface area contributed by atoms with Crippen molar-refractivity contribution >= 4 is 45.7 Å². The van der Waals surface area contributed by atoms with Gasteiger partial charge in [-0.2, -0.15) is 0 Å². The van der Waals surface area contributed by atoms with E-state index in [9.17, 15) is 4.79 Å². The zero-order valence-corrected chi connectivity index (χ0v) is 14.2. The standard InChI is InChI=1S/C19H16ClNOS/c1-13(19(22)21-17-8-4-7-16(20)12-17)23-18-10-9-14-5-2-3-6-15(14)11-18/h2-13H,1H3,(H,21,22)/t13-/m0/s1. The molecule has 116 valence electrons. The summed E-state index contributed by atoms with van der Waals surface area (Å²) in [5, 5.41) is 5.69. The number of anilines is 1. The van der Waals surface area contributed by atoms with E-state index in [2.05, 4.69) is 35.6 Å². The second-order valence-electron chi connectivity index (χ2n) is 5.27. The Labute approximate surface area is 144 Å². The fourth-order valence-corrected chi connectivity index (χ4v) is 3.41. The lowest BCUT2D eigenvalue weighted by molar-refractivity contribution is -0.115. The highest BCUT2D eigenvalue weighted by atomic mass is 35.5. The van der Waals surface area contributed by atoms with Crippen molar-refractivity contribution in [3.8, 4) is 0 Å². The van der Waals surface area contributed by atoms with Gasteiger partial charge >= 0.3 is 0 Å². The van der Waals surface area contributed by atoms with Crippen LogP contribution in [0.4, 0.5) is 5.69 Å². The highest BCUT2D eigenvalue weighted by molar-refractivity contribution is 8.00. The van der Waals surface area contributed by atoms with Gasteiger partial charge in [0, 0.05) is 15.6 Å². The van der Waals surface area contributed by atoms with Gasteiger partial charge in [0.2, 0.25) is 5.91 Å². The van der Waals surface area contributed by atoms with Crippen molar-refractivity contribution in [1.29, 1.82) is 0 Å². The third kappa shape index (κ3) is 4.06. The van der Waals surface area contributed by atoms with Gasteiger partial charge < -0.3 is 5.32 Å². The van der Waals surface area contributed by atoms with Gasteiger partial charge in [0.15, 0.2) is 0 Å². The molecule has 0 aliphatic heterocycles. The predicted octanol–water partition coefficient (Wildman–Crippen LogP) is 5.61. The molecule has 23 heavy (non-hydrogen) atoms. The number of amides is 1. The number of carbonyl (C=O) groups is 1. The zero-order valence-electron chi connectivity index (χ0n) is 12.6. The molecule has 2 nitrogen and oxygen atoms in total. The van der Waals surface area contributed by atoms with Crippen LogP contribution in [0.1, 0.15) is 6.92 Å². The molecule has 1 amide bonds. The van der Waals surface area contributed by atoms with Crippen molar-refractivity contribution in [2.45, 2.75) is 17.1 Å². The van der Waals surface area contributed by atoms with E-state index < -0.39 is 0 Å². The first kappa shape index (κ1) is 15.9. The Morgan fingerprint density at radius 3 is 2.57 bits per heavy atom. The third-order valence-electron chi connectivity index (χ3n) is 3.50. The molecule has 0 aliphatic carbocycles. The Bertz CT molecular complexity index is 849. The molecule has 0 fully saturated rings. The lowest BCUT2D eigenvalue weighted by Gasteiger charge is -2.12. The van der Waals surface area contributed by atoms with Crippen LogP contribution in [0.5, 0.6) is 0 Å². The summed E-state index contributed by atoms with van der Waals surface area (Å²) in [5.74, 6) is -0.0366. The summed E-state index contributed by atoms with van der Waals surface area (Å²) in [7, 11) is 0. The fourth-order valence-electron chi connectivity index (χ4n) is 2.31. The number of nitrogens with one attached hydrogen (secondary N) is 1. The van der Waals surface area contributed by atoms with E-state index in [1.54, 1.807) is 23.9 Å². The Morgan fingerprint density at radius 1 is 1.00 bits per heavy atom. The topological polar surface area (TPSA) is 29.1 Å². The zero-order chi connectivity index (χ0) is 16.2. The normalized spacial score (nSPS) is 12.1. The summed E-state index contributed by atoms with van der Waals surface area (Å²) in [6, 6.07) is 21.6. The van der Waals surface area contributed by atoms with Crippen molar-refractivity contribution in [3.63, 3.8) is 0 Å². The van der Waals surface area contributed by atoms with Gasteiger partial charge in [-0.1, -0.05) is 48.0 Å². The number of hydrogen-bond donors (Lipinski definition) is 1. The maximum Gasteiger partial charge on any atom is 0.237 e. The van der Waals surface area contributed by atoms with Crippen LogP contribution in [0.2, 0.25) is 5.02 Å². The van der Waals surface area contributed by atoms with Crippen LogP contribution in [0.15, 0.2) is 71.6 Å². The van der Waals surface area contributed by atoms with Crippen molar-refractivity contribution in [3.05, 3.63) is 71.8 Å². The van der Waals surface area contributed by atoms with Crippen molar-refractivity contribution in [2.75, 3.05) is 5.32 Å². The first-order valence-corrected chi connectivity index (χ1v) is 8.59. The molecule has 0 saturated heterocycles. The Kier molecular flexibility index (Phi) is 4.89. The quantitative estimate of drug-likeness (QED) is 0.625. The third-order valence-corrected chi connectivity index (χ3v) is 4.82.